The molecule has 0 radical (unpaired) electrons. The first kappa shape index (κ1) is 14.7. The molecule has 0 fully saturated rings. The van der Waals surface area contributed by atoms with Gasteiger partial charge in [-0.15, -0.1) is 0 Å². The maximum absolute atomic E-state index is 12.2. The Balaban J connectivity index is 2.28. The van der Waals surface area contributed by atoms with Crippen molar-refractivity contribution < 1.29 is 13.2 Å². The van der Waals surface area contributed by atoms with Crippen molar-refractivity contribution in [1.82, 2.24) is 0 Å². The van der Waals surface area contributed by atoms with Gasteiger partial charge in [0.25, 0.3) is 10.0 Å². The van der Waals surface area contributed by atoms with E-state index in [0.717, 1.165) is 0 Å². The largest absolute Gasteiger partial charge is 0.492 e. The number of halogens is 1. The van der Waals surface area contributed by atoms with E-state index < -0.39 is 10.0 Å². The monoisotopic (exact) mass is 311 g/mol. The summed E-state index contributed by atoms with van der Waals surface area (Å²) in [5.41, 5.74) is 0.498. The highest BCUT2D eigenvalue weighted by Gasteiger charge is 2.16. The molecule has 0 spiro atoms. The summed E-state index contributed by atoms with van der Waals surface area (Å²) < 4.78 is 32.2. The molecule has 4 nitrogen and oxygen atoms in total. The first-order valence-corrected chi connectivity index (χ1v) is 7.89. The third-order valence-corrected chi connectivity index (χ3v) is 4.21. The molecule has 1 N–H and O–H groups in total. The van der Waals surface area contributed by atoms with Gasteiger partial charge in [0.2, 0.25) is 0 Å². The molecule has 0 saturated heterocycles. The lowest BCUT2D eigenvalue weighted by Crippen LogP contribution is -2.12. The van der Waals surface area contributed by atoms with E-state index >= 15 is 0 Å². The molecule has 0 aromatic heterocycles. The molecule has 0 amide bonds. The van der Waals surface area contributed by atoms with Gasteiger partial charge in [0.1, 0.15) is 5.75 Å². The molecule has 0 aliphatic rings. The van der Waals surface area contributed by atoms with Crippen molar-refractivity contribution in [2.75, 3.05) is 11.3 Å². The van der Waals surface area contributed by atoms with E-state index in [1.165, 1.54) is 12.1 Å². The zero-order valence-corrected chi connectivity index (χ0v) is 12.4. The molecule has 2 rings (SSSR count). The second-order valence-corrected chi connectivity index (χ2v) is 6.09. The predicted octanol–water partition coefficient (Wildman–Crippen LogP) is 3.54. The van der Waals surface area contributed by atoms with Crippen LogP contribution >= 0.6 is 11.6 Å². The Hall–Kier alpha value is -1.72. The van der Waals surface area contributed by atoms with E-state index in [2.05, 4.69) is 4.72 Å². The van der Waals surface area contributed by atoms with E-state index in [9.17, 15) is 8.42 Å². The second-order valence-electron chi connectivity index (χ2n) is 4.00. The van der Waals surface area contributed by atoms with Gasteiger partial charge < -0.3 is 4.74 Å². The number of ether oxygens (including phenoxy) is 1. The molecule has 0 aliphatic carbocycles. The van der Waals surface area contributed by atoms with Gasteiger partial charge in [0.15, 0.2) is 0 Å². The van der Waals surface area contributed by atoms with E-state index in [0.29, 0.717) is 18.0 Å². The number of rotatable bonds is 5. The first-order chi connectivity index (χ1) is 9.53. The van der Waals surface area contributed by atoms with Crippen LogP contribution in [0, 0.1) is 0 Å². The maximum Gasteiger partial charge on any atom is 0.261 e. The number of para-hydroxylation sites is 1. The van der Waals surface area contributed by atoms with Crippen LogP contribution in [0.2, 0.25) is 5.02 Å². The third-order valence-electron chi connectivity index (χ3n) is 2.54. The topological polar surface area (TPSA) is 55.4 Å². The minimum Gasteiger partial charge on any atom is -0.492 e. The average Bonchev–Trinajstić information content (AvgIpc) is 2.42. The lowest BCUT2D eigenvalue weighted by Gasteiger charge is -2.10. The van der Waals surface area contributed by atoms with Crippen LogP contribution < -0.4 is 9.46 Å². The van der Waals surface area contributed by atoms with Gasteiger partial charge in [0.05, 0.1) is 16.5 Å². The summed E-state index contributed by atoms with van der Waals surface area (Å²) >= 11 is 6.00. The first-order valence-electron chi connectivity index (χ1n) is 6.03. The predicted molar refractivity (Wildman–Crippen MR) is 79.9 cm³/mol. The van der Waals surface area contributed by atoms with Crippen LogP contribution in [0.4, 0.5) is 5.69 Å². The minimum absolute atomic E-state index is 0.0924. The van der Waals surface area contributed by atoms with E-state index in [4.69, 9.17) is 16.3 Å². The van der Waals surface area contributed by atoms with Crippen molar-refractivity contribution in [3.8, 4) is 5.75 Å². The Bertz CT molecular complexity index is 687. The number of hydrogen-bond acceptors (Lipinski definition) is 3. The van der Waals surface area contributed by atoms with Crippen molar-refractivity contribution in [1.29, 1.82) is 0 Å². The normalized spacial score (nSPS) is 11.1. The van der Waals surface area contributed by atoms with Crippen LogP contribution in [0.3, 0.4) is 0 Å². The highest BCUT2D eigenvalue weighted by Crippen LogP contribution is 2.28. The summed E-state index contributed by atoms with van der Waals surface area (Å²) in [6.07, 6.45) is 0. The molecule has 0 atom stereocenters. The van der Waals surface area contributed by atoms with Gasteiger partial charge in [-0.2, -0.15) is 0 Å². The van der Waals surface area contributed by atoms with Crippen LogP contribution in [-0.2, 0) is 10.0 Å². The summed E-state index contributed by atoms with van der Waals surface area (Å²) in [5, 5.41) is 0.266. The van der Waals surface area contributed by atoms with Gasteiger partial charge in [-0.3, -0.25) is 4.72 Å². The van der Waals surface area contributed by atoms with E-state index in [-0.39, 0.29) is 9.92 Å². The molecular weight excluding hydrogens is 298 g/mol. The number of hydrogen-bond donors (Lipinski definition) is 1. The van der Waals surface area contributed by atoms with Gasteiger partial charge >= 0.3 is 0 Å². The molecule has 106 valence electrons. The van der Waals surface area contributed by atoms with Crippen LogP contribution in [0.1, 0.15) is 6.92 Å². The van der Waals surface area contributed by atoms with Gasteiger partial charge in [-0.25, -0.2) is 8.42 Å². The quantitative estimate of drug-likeness (QED) is 0.919. The number of anilines is 1. The molecule has 0 unspecified atom stereocenters. The van der Waals surface area contributed by atoms with Crippen LogP contribution in [0.15, 0.2) is 53.4 Å². The lowest BCUT2D eigenvalue weighted by atomic mass is 10.3. The third kappa shape index (κ3) is 3.43. The number of benzene rings is 2. The van der Waals surface area contributed by atoms with Gasteiger partial charge in [0, 0.05) is 5.69 Å². The molecule has 2 aromatic carbocycles. The number of nitrogens with one attached hydrogen (secondary N) is 1. The minimum atomic E-state index is -3.66. The lowest BCUT2D eigenvalue weighted by molar-refractivity contribution is 0.340. The molecule has 0 heterocycles. The Kier molecular flexibility index (Phi) is 4.52. The molecule has 6 heteroatoms. The standard InChI is InChI=1S/C14H14ClNO3S/c1-2-19-14-9-8-12(10-13(14)15)20(17,18)16-11-6-4-3-5-7-11/h3-10,16H,2H2,1H3. The van der Waals surface area contributed by atoms with Crippen molar-refractivity contribution in [3.05, 3.63) is 53.6 Å². The van der Waals surface area contributed by atoms with Crippen LogP contribution in [0.25, 0.3) is 0 Å². The fraction of sp³-hybridized carbons (Fsp3) is 0.143. The average molecular weight is 312 g/mol. The molecule has 0 aliphatic heterocycles. The fourth-order valence-electron chi connectivity index (χ4n) is 1.64. The molecule has 2 aromatic rings. The highest BCUT2D eigenvalue weighted by atomic mass is 35.5. The molecule has 0 saturated carbocycles. The Morgan fingerprint density at radius 2 is 1.85 bits per heavy atom. The highest BCUT2D eigenvalue weighted by molar-refractivity contribution is 7.92. The smallest absolute Gasteiger partial charge is 0.261 e. The van der Waals surface area contributed by atoms with Crippen molar-refractivity contribution in [2.24, 2.45) is 0 Å². The SMILES string of the molecule is CCOc1ccc(S(=O)(=O)Nc2ccccc2)cc1Cl. The van der Waals surface area contributed by atoms with Gasteiger partial charge in [-0.05, 0) is 37.3 Å². The Morgan fingerprint density at radius 3 is 2.45 bits per heavy atom. The summed E-state index contributed by atoms with van der Waals surface area (Å²) in [6.45, 7) is 2.30. The fourth-order valence-corrected chi connectivity index (χ4v) is 3.03. The molecule has 0 bridgehead atoms. The Morgan fingerprint density at radius 1 is 1.15 bits per heavy atom. The Labute approximate surface area is 123 Å². The van der Waals surface area contributed by atoms with E-state index in [1.807, 2.05) is 13.0 Å². The molecule has 20 heavy (non-hydrogen) atoms. The summed E-state index contributed by atoms with van der Waals surface area (Å²) in [7, 11) is -3.66. The van der Waals surface area contributed by atoms with Crippen molar-refractivity contribution in [3.63, 3.8) is 0 Å². The van der Waals surface area contributed by atoms with Gasteiger partial charge in [-0.1, -0.05) is 29.8 Å². The molecular formula is C14H14ClNO3S. The summed E-state index contributed by atoms with van der Waals surface area (Å²) in [6, 6.07) is 13.0. The zero-order valence-electron chi connectivity index (χ0n) is 10.8. The zero-order chi connectivity index (χ0) is 14.6. The van der Waals surface area contributed by atoms with E-state index in [1.54, 1.807) is 30.3 Å². The van der Waals surface area contributed by atoms with Crippen molar-refractivity contribution >= 4 is 27.3 Å². The van der Waals surface area contributed by atoms with Crippen molar-refractivity contribution in [2.45, 2.75) is 11.8 Å². The summed E-state index contributed by atoms with van der Waals surface area (Å²) in [4.78, 5) is 0.0924. The van der Waals surface area contributed by atoms with Crippen LogP contribution in [0.5, 0.6) is 5.75 Å². The summed E-state index contributed by atoms with van der Waals surface area (Å²) in [5.74, 6) is 0.466. The number of sulfonamides is 1. The maximum atomic E-state index is 12.2. The second kappa shape index (κ2) is 6.15. The van der Waals surface area contributed by atoms with Crippen LogP contribution in [-0.4, -0.2) is 15.0 Å².